The van der Waals surface area contributed by atoms with E-state index >= 15 is 0 Å². The van der Waals surface area contributed by atoms with Crippen molar-refractivity contribution in [2.45, 2.75) is 38.7 Å². The summed E-state index contributed by atoms with van der Waals surface area (Å²) in [5.74, 6) is 1.12. The Morgan fingerprint density at radius 3 is 2.94 bits per heavy atom. The van der Waals surface area contributed by atoms with Crippen molar-refractivity contribution in [2.75, 3.05) is 0 Å². The smallest absolute Gasteiger partial charge is 0.136 e. The molecule has 0 N–H and O–H groups in total. The van der Waals surface area contributed by atoms with Crippen LogP contribution in [0.15, 0.2) is 18.2 Å². The molecule has 1 aliphatic rings. The van der Waals surface area contributed by atoms with Gasteiger partial charge in [0.05, 0.1) is 0 Å². The number of carbonyl (C=O) groups is 1. The molecule has 1 atom stereocenters. The van der Waals surface area contributed by atoms with E-state index in [9.17, 15) is 4.79 Å². The minimum absolute atomic E-state index is 0.0541. The summed E-state index contributed by atoms with van der Waals surface area (Å²) in [6.07, 6.45) is 2.98. The number of rotatable bonds is 3. The van der Waals surface area contributed by atoms with Crippen molar-refractivity contribution in [3.63, 3.8) is 0 Å². The Kier molecular flexibility index (Phi) is 3.49. The molecule has 1 fully saturated rings. The van der Waals surface area contributed by atoms with Crippen molar-refractivity contribution >= 4 is 17.4 Å². The summed E-state index contributed by atoms with van der Waals surface area (Å²) in [6.45, 7) is 2.06. The van der Waals surface area contributed by atoms with Crippen molar-refractivity contribution in [2.24, 2.45) is 0 Å². The Labute approximate surface area is 101 Å². The molecule has 0 bridgehead atoms. The lowest BCUT2D eigenvalue weighted by molar-refractivity contribution is -0.117. The molecule has 2 rings (SSSR count). The number of Topliss-reactive ketones (excluding diaryl/α,β-unsaturated/α-hetero) is 1. The van der Waals surface area contributed by atoms with Gasteiger partial charge in [0.2, 0.25) is 0 Å². The number of benzene rings is 1. The summed E-state index contributed by atoms with van der Waals surface area (Å²) in [5.41, 5.74) is 1.09. The first kappa shape index (κ1) is 11.5. The maximum absolute atomic E-state index is 11.1. The van der Waals surface area contributed by atoms with E-state index in [-0.39, 0.29) is 6.10 Å². The van der Waals surface area contributed by atoms with Gasteiger partial charge >= 0.3 is 0 Å². The summed E-state index contributed by atoms with van der Waals surface area (Å²) in [4.78, 5) is 11.1. The quantitative estimate of drug-likeness (QED) is 0.807. The third-order valence-corrected chi connectivity index (χ3v) is 3.27. The Morgan fingerprint density at radius 1 is 1.50 bits per heavy atom. The lowest BCUT2D eigenvalue weighted by Crippen LogP contribution is -2.12. The van der Waals surface area contributed by atoms with Crippen molar-refractivity contribution < 1.29 is 9.53 Å². The molecule has 1 aliphatic carbocycles. The second-order valence-corrected chi connectivity index (χ2v) is 4.54. The Balaban J connectivity index is 2.07. The van der Waals surface area contributed by atoms with E-state index in [0.717, 1.165) is 29.2 Å². The minimum atomic E-state index is 0.0541. The van der Waals surface area contributed by atoms with Crippen molar-refractivity contribution in [3.8, 4) is 5.75 Å². The zero-order valence-corrected chi connectivity index (χ0v) is 10.1. The molecule has 2 nitrogen and oxygen atoms in total. The standard InChI is InChI=1S/C13H15ClO2/c1-2-9-7-11(5-6-13(9)14)16-12-4-3-10(15)8-12/h5-7,12H,2-4,8H2,1H3. The van der Waals surface area contributed by atoms with Crippen LogP contribution < -0.4 is 4.74 Å². The molecular formula is C13H15ClO2. The molecule has 0 aliphatic heterocycles. The van der Waals surface area contributed by atoms with Crippen LogP contribution in [0.5, 0.6) is 5.75 Å². The molecule has 0 amide bonds. The van der Waals surface area contributed by atoms with E-state index in [0.29, 0.717) is 18.6 Å². The summed E-state index contributed by atoms with van der Waals surface area (Å²) < 4.78 is 5.76. The number of carbonyl (C=O) groups excluding carboxylic acids is 1. The van der Waals surface area contributed by atoms with E-state index in [1.165, 1.54) is 0 Å². The molecule has 86 valence electrons. The van der Waals surface area contributed by atoms with Crippen molar-refractivity contribution in [3.05, 3.63) is 28.8 Å². The predicted molar refractivity (Wildman–Crippen MR) is 64.1 cm³/mol. The molecule has 3 heteroatoms. The van der Waals surface area contributed by atoms with Crippen LogP contribution in [0.4, 0.5) is 0 Å². The molecule has 1 unspecified atom stereocenters. The number of hydrogen-bond donors (Lipinski definition) is 0. The maximum atomic E-state index is 11.1. The number of ketones is 1. The zero-order chi connectivity index (χ0) is 11.5. The number of hydrogen-bond acceptors (Lipinski definition) is 2. The van der Waals surface area contributed by atoms with Crippen LogP contribution in [0.2, 0.25) is 5.02 Å². The first-order valence-corrected chi connectivity index (χ1v) is 6.03. The fraction of sp³-hybridized carbons (Fsp3) is 0.462. The monoisotopic (exact) mass is 238 g/mol. The Morgan fingerprint density at radius 2 is 2.31 bits per heavy atom. The number of aryl methyl sites for hydroxylation is 1. The van der Waals surface area contributed by atoms with Gasteiger partial charge in [-0.3, -0.25) is 4.79 Å². The second-order valence-electron chi connectivity index (χ2n) is 4.13. The molecule has 0 spiro atoms. The largest absolute Gasteiger partial charge is 0.490 e. The molecule has 1 aromatic carbocycles. The molecule has 16 heavy (non-hydrogen) atoms. The average molecular weight is 239 g/mol. The van der Waals surface area contributed by atoms with Gasteiger partial charge in [0.25, 0.3) is 0 Å². The summed E-state index contributed by atoms with van der Waals surface area (Å²) >= 11 is 6.03. The maximum Gasteiger partial charge on any atom is 0.136 e. The highest BCUT2D eigenvalue weighted by molar-refractivity contribution is 6.31. The van der Waals surface area contributed by atoms with Gasteiger partial charge in [-0.15, -0.1) is 0 Å². The van der Waals surface area contributed by atoms with Gasteiger partial charge in [0, 0.05) is 17.9 Å². The number of halogens is 1. The second kappa shape index (κ2) is 4.88. The van der Waals surface area contributed by atoms with Crippen LogP contribution >= 0.6 is 11.6 Å². The van der Waals surface area contributed by atoms with E-state index in [4.69, 9.17) is 16.3 Å². The summed E-state index contributed by atoms with van der Waals surface area (Å²) in [7, 11) is 0. The fourth-order valence-corrected chi connectivity index (χ4v) is 2.22. The van der Waals surface area contributed by atoms with E-state index in [1.54, 1.807) is 0 Å². The van der Waals surface area contributed by atoms with E-state index < -0.39 is 0 Å². The van der Waals surface area contributed by atoms with Gasteiger partial charge in [0.1, 0.15) is 17.6 Å². The molecule has 0 saturated heterocycles. The highest BCUT2D eigenvalue weighted by Gasteiger charge is 2.23. The van der Waals surface area contributed by atoms with Crippen LogP contribution in [0.25, 0.3) is 0 Å². The molecule has 0 aromatic heterocycles. The normalized spacial score (nSPS) is 20.1. The first-order valence-electron chi connectivity index (χ1n) is 5.66. The van der Waals surface area contributed by atoms with Gasteiger partial charge in [-0.1, -0.05) is 18.5 Å². The van der Waals surface area contributed by atoms with E-state index in [2.05, 4.69) is 6.92 Å². The fourth-order valence-electron chi connectivity index (χ4n) is 1.97. The SMILES string of the molecule is CCc1cc(OC2CCC(=O)C2)ccc1Cl. The molecule has 1 aromatic rings. The van der Waals surface area contributed by atoms with Crippen LogP contribution in [0.1, 0.15) is 31.7 Å². The minimum Gasteiger partial charge on any atom is -0.490 e. The highest BCUT2D eigenvalue weighted by atomic mass is 35.5. The highest BCUT2D eigenvalue weighted by Crippen LogP contribution is 2.26. The molecule has 1 saturated carbocycles. The third kappa shape index (κ3) is 2.56. The molecule has 0 heterocycles. The third-order valence-electron chi connectivity index (χ3n) is 2.90. The zero-order valence-electron chi connectivity index (χ0n) is 9.33. The van der Waals surface area contributed by atoms with E-state index in [1.807, 2.05) is 18.2 Å². The molecule has 0 radical (unpaired) electrons. The lowest BCUT2D eigenvalue weighted by Gasteiger charge is -2.13. The van der Waals surface area contributed by atoms with Crippen LogP contribution in [0.3, 0.4) is 0 Å². The van der Waals surface area contributed by atoms with Gasteiger partial charge < -0.3 is 4.74 Å². The van der Waals surface area contributed by atoms with Gasteiger partial charge in [-0.05, 0) is 36.6 Å². The molecular weight excluding hydrogens is 224 g/mol. The average Bonchev–Trinajstić information content (AvgIpc) is 2.67. The van der Waals surface area contributed by atoms with Crippen LogP contribution in [-0.2, 0) is 11.2 Å². The summed E-state index contributed by atoms with van der Waals surface area (Å²) in [6, 6.07) is 5.68. The first-order chi connectivity index (χ1) is 7.69. The Hall–Kier alpha value is -1.02. The number of ether oxygens (including phenoxy) is 1. The van der Waals surface area contributed by atoms with Gasteiger partial charge in [0.15, 0.2) is 0 Å². The van der Waals surface area contributed by atoms with Crippen LogP contribution in [0, 0.1) is 0 Å². The predicted octanol–water partition coefficient (Wildman–Crippen LogP) is 3.40. The van der Waals surface area contributed by atoms with Gasteiger partial charge in [-0.2, -0.15) is 0 Å². The topological polar surface area (TPSA) is 26.3 Å². The Bertz CT molecular complexity index is 401. The van der Waals surface area contributed by atoms with Crippen molar-refractivity contribution in [1.29, 1.82) is 0 Å². The van der Waals surface area contributed by atoms with Crippen molar-refractivity contribution in [1.82, 2.24) is 0 Å². The summed E-state index contributed by atoms with van der Waals surface area (Å²) in [5, 5.41) is 0.775. The lowest BCUT2D eigenvalue weighted by atomic mass is 10.1. The van der Waals surface area contributed by atoms with Crippen LogP contribution in [-0.4, -0.2) is 11.9 Å². The van der Waals surface area contributed by atoms with Gasteiger partial charge in [-0.25, -0.2) is 0 Å².